The molecular formula is C14H19NO4S. The average Bonchev–Trinajstić information content (AvgIpc) is 2.39. The van der Waals surface area contributed by atoms with Crippen LogP contribution in [0.15, 0.2) is 35.2 Å². The molecule has 6 heteroatoms. The topological polar surface area (TPSA) is 83.5 Å². The molecule has 0 radical (unpaired) electrons. The predicted molar refractivity (Wildman–Crippen MR) is 75.5 cm³/mol. The minimum atomic E-state index is -3.49. The molecule has 0 aliphatic heterocycles. The molecule has 1 fully saturated rings. The molecule has 1 aliphatic carbocycles. The number of benzene rings is 1. The van der Waals surface area contributed by atoms with Crippen molar-refractivity contribution in [2.75, 3.05) is 5.75 Å². The second-order valence-corrected chi connectivity index (χ2v) is 7.33. The van der Waals surface area contributed by atoms with E-state index in [2.05, 4.69) is 5.32 Å². The van der Waals surface area contributed by atoms with E-state index in [0.717, 1.165) is 19.3 Å². The average molecular weight is 297 g/mol. The monoisotopic (exact) mass is 297 g/mol. The Labute approximate surface area is 118 Å². The molecule has 0 spiro atoms. The number of carbonyl (C=O) groups is 1. The van der Waals surface area contributed by atoms with E-state index in [1.54, 1.807) is 30.3 Å². The first-order valence-corrected chi connectivity index (χ1v) is 8.38. The molecule has 110 valence electrons. The van der Waals surface area contributed by atoms with E-state index in [4.69, 9.17) is 5.11 Å². The van der Waals surface area contributed by atoms with Gasteiger partial charge in [0.25, 0.3) is 0 Å². The number of nitrogens with one attached hydrogen (secondary N) is 1. The van der Waals surface area contributed by atoms with Gasteiger partial charge in [-0.15, -0.1) is 0 Å². The van der Waals surface area contributed by atoms with Gasteiger partial charge in [0.15, 0.2) is 9.84 Å². The van der Waals surface area contributed by atoms with Crippen molar-refractivity contribution in [3.8, 4) is 0 Å². The molecule has 5 nitrogen and oxygen atoms in total. The van der Waals surface area contributed by atoms with E-state index in [1.807, 2.05) is 0 Å². The predicted octanol–water partition coefficient (Wildman–Crippen LogP) is 2.43. The van der Waals surface area contributed by atoms with Crippen LogP contribution in [0.2, 0.25) is 0 Å². The van der Waals surface area contributed by atoms with E-state index in [9.17, 15) is 13.2 Å². The molecule has 0 atom stereocenters. The number of sulfone groups is 1. The first-order valence-electron chi connectivity index (χ1n) is 6.73. The summed E-state index contributed by atoms with van der Waals surface area (Å²) in [4.78, 5) is 11.2. The molecule has 0 heterocycles. The molecule has 0 bridgehead atoms. The second kappa shape index (κ2) is 5.83. The van der Waals surface area contributed by atoms with Crippen molar-refractivity contribution in [2.24, 2.45) is 0 Å². The summed E-state index contributed by atoms with van der Waals surface area (Å²) in [7, 11) is -3.49. The SMILES string of the molecule is O=C(O)NC1(CS(=O)(=O)c2ccccc2)CCCCC1. The maximum absolute atomic E-state index is 12.5. The minimum absolute atomic E-state index is 0.170. The zero-order valence-corrected chi connectivity index (χ0v) is 12.0. The highest BCUT2D eigenvalue weighted by molar-refractivity contribution is 7.91. The number of hydrogen-bond donors (Lipinski definition) is 2. The second-order valence-electron chi connectivity index (χ2n) is 5.34. The van der Waals surface area contributed by atoms with Gasteiger partial charge in [-0.3, -0.25) is 0 Å². The van der Waals surface area contributed by atoms with Gasteiger partial charge in [-0.25, -0.2) is 13.2 Å². The van der Waals surface area contributed by atoms with Gasteiger partial charge < -0.3 is 10.4 Å². The normalized spacial score (nSPS) is 18.4. The summed E-state index contributed by atoms with van der Waals surface area (Å²) in [6.07, 6.45) is 2.72. The number of amides is 1. The fourth-order valence-corrected chi connectivity index (χ4v) is 4.66. The van der Waals surface area contributed by atoms with Crippen LogP contribution < -0.4 is 5.32 Å². The number of carboxylic acid groups (broad SMARTS) is 1. The van der Waals surface area contributed by atoms with E-state index in [1.165, 1.54) is 0 Å². The van der Waals surface area contributed by atoms with Crippen molar-refractivity contribution in [1.29, 1.82) is 0 Å². The van der Waals surface area contributed by atoms with Gasteiger partial charge in [0.1, 0.15) is 0 Å². The van der Waals surface area contributed by atoms with Gasteiger partial charge in [0.2, 0.25) is 0 Å². The fourth-order valence-electron chi connectivity index (χ4n) is 2.84. The zero-order chi connectivity index (χ0) is 14.6. The summed E-state index contributed by atoms with van der Waals surface area (Å²) < 4.78 is 24.9. The van der Waals surface area contributed by atoms with Crippen LogP contribution in [0, 0.1) is 0 Å². The molecule has 1 aromatic rings. The van der Waals surface area contributed by atoms with E-state index < -0.39 is 21.5 Å². The Morgan fingerprint density at radius 1 is 1.15 bits per heavy atom. The van der Waals surface area contributed by atoms with Crippen LogP contribution in [0.25, 0.3) is 0 Å². The first kappa shape index (κ1) is 14.8. The van der Waals surface area contributed by atoms with Crippen molar-refractivity contribution in [2.45, 2.75) is 42.5 Å². The lowest BCUT2D eigenvalue weighted by Gasteiger charge is -2.36. The molecule has 0 saturated heterocycles. The van der Waals surface area contributed by atoms with Gasteiger partial charge in [-0.05, 0) is 25.0 Å². The highest BCUT2D eigenvalue weighted by atomic mass is 32.2. The molecule has 1 amide bonds. The maximum atomic E-state index is 12.5. The first-order chi connectivity index (χ1) is 9.44. The van der Waals surface area contributed by atoms with Crippen LogP contribution in [0.5, 0.6) is 0 Å². The Morgan fingerprint density at radius 2 is 1.75 bits per heavy atom. The maximum Gasteiger partial charge on any atom is 0.405 e. The standard InChI is InChI=1S/C14H19NO4S/c16-13(17)15-14(9-5-2-6-10-14)11-20(18,19)12-7-3-1-4-8-12/h1,3-4,7-8,15H,2,5-6,9-11H2,(H,16,17). The van der Waals surface area contributed by atoms with Crippen LogP contribution in [-0.2, 0) is 9.84 Å². The van der Waals surface area contributed by atoms with Crippen LogP contribution in [0.1, 0.15) is 32.1 Å². The van der Waals surface area contributed by atoms with Gasteiger partial charge in [-0.1, -0.05) is 37.5 Å². The molecule has 2 N–H and O–H groups in total. The molecule has 1 aliphatic rings. The van der Waals surface area contributed by atoms with Crippen LogP contribution in [0.4, 0.5) is 4.79 Å². The van der Waals surface area contributed by atoms with Crippen molar-refractivity contribution < 1.29 is 18.3 Å². The quantitative estimate of drug-likeness (QED) is 0.894. The third-order valence-electron chi connectivity index (χ3n) is 3.75. The summed E-state index contributed by atoms with van der Waals surface area (Å²) in [5, 5.41) is 11.5. The molecule has 1 aromatic carbocycles. The molecule has 0 aromatic heterocycles. The van der Waals surface area contributed by atoms with Crippen molar-refractivity contribution in [3.63, 3.8) is 0 Å². The van der Waals surface area contributed by atoms with Crippen LogP contribution >= 0.6 is 0 Å². The molecular weight excluding hydrogens is 278 g/mol. The lowest BCUT2D eigenvalue weighted by atomic mass is 9.83. The van der Waals surface area contributed by atoms with E-state index in [0.29, 0.717) is 12.8 Å². The summed E-state index contributed by atoms with van der Waals surface area (Å²) in [5.41, 5.74) is -0.848. The fraction of sp³-hybridized carbons (Fsp3) is 0.500. The van der Waals surface area contributed by atoms with Crippen molar-refractivity contribution in [1.82, 2.24) is 5.32 Å². The van der Waals surface area contributed by atoms with Crippen molar-refractivity contribution in [3.05, 3.63) is 30.3 Å². The lowest BCUT2D eigenvalue weighted by Crippen LogP contribution is -2.53. The molecule has 0 unspecified atom stereocenters. The van der Waals surface area contributed by atoms with Gasteiger partial charge in [0.05, 0.1) is 16.2 Å². The summed E-state index contributed by atoms with van der Waals surface area (Å²) in [6.45, 7) is 0. The summed E-state index contributed by atoms with van der Waals surface area (Å²) in [5.74, 6) is -0.170. The van der Waals surface area contributed by atoms with Gasteiger partial charge >= 0.3 is 6.09 Å². The molecule has 1 saturated carbocycles. The Morgan fingerprint density at radius 3 is 2.30 bits per heavy atom. The van der Waals surface area contributed by atoms with E-state index >= 15 is 0 Å². The summed E-state index contributed by atoms with van der Waals surface area (Å²) >= 11 is 0. The Hall–Kier alpha value is -1.56. The Kier molecular flexibility index (Phi) is 4.32. The summed E-state index contributed by atoms with van der Waals surface area (Å²) in [6, 6.07) is 8.19. The highest BCUT2D eigenvalue weighted by Gasteiger charge is 2.38. The third kappa shape index (κ3) is 3.50. The van der Waals surface area contributed by atoms with Gasteiger partial charge in [-0.2, -0.15) is 0 Å². The Bertz CT molecular complexity index is 562. The zero-order valence-electron chi connectivity index (χ0n) is 11.2. The van der Waals surface area contributed by atoms with E-state index in [-0.39, 0.29) is 10.6 Å². The third-order valence-corrected chi connectivity index (χ3v) is 5.67. The number of rotatable bonds is 4. The van der Waals surface area contributed by atoms with Crippen LogP contribution in [0.3, 0.4) is 0 Å². The van der Waals surface area contributed by atoms with Crippen LogP contribution in [-0.4, -0.2) is 30.9 Å². The number of hydrogen-bond acceptors (Lipinski definition) is 3. The molecule has 2 rings (SSSR count). The van der Waals surface area contributed by atoms with Crippen molar-refractivity contribution >= 4 is 15.9 Å². The van der Waals surface area contributed by atoms with Gasteiger partial charge in [0, 0.05) is 0 Å². The largest absolute Gasteiger partial charge is 0.465 e. The lowest BCUT2D eigenvalue weighted by molar-refractivity contribution is 0.169. The Balaban J connectivity index is 2.25. The molecule has 20 heavy (non-hydrogen) atoms. The minimum Gasteiger partial charge on any atom is -0.465 e. The smallest absolute Gasteiger partial charge is 0.405 e. The highest BCUT2D eigenvalue weighted by Crippen LogP contribution is 2.31.